The lowest BCUT2D eigenvalue weighted by Gasteiger charge is -2.13. The second-order valence-corrected chi connectivity index (χ2v) is 6.15. The molecule has 0 aliphatic carbocycles. The highest BCUT2D eigenvalue weighted by Crippen LogP contribution is 2.18. The number of aliphatic imine (C=N–C) groups is 1. The number of nitrogens with zero attached hydrogens (tertiary/aromatic N) is 2. The SMILES string of the molecule is CCOc1ccccc1CCNC(=NC)NCc1coc(-c2ccccc2)n1.I. The molecular weight excluding hydrogens is 479 g/mol. The van der Waals surface area contributed by atoms with Crippen LogP contribution in [0.5, 0.6) is 5.75 Å². The Morgan fingerprint density at radius 1 is 1.07 bits per heavy atom. The Morgan fingerprint density at radius 3 is 2.59 bits per heavy atom. The highest BCUT2D eigenvalue weighted by atomic mass is 127. The third kappa shape index (κ3) is 6.77. The summed E-state index contributed by atoms with van der Waals surface area (Å²) in [5.41, 5.74) is 2.96. The third-order valence-corrected chi connectivity index (χ3v) is 4.19. The first kappa shape index (κ1) is 22.7. The minimum atomic E-state index is 0. The van der Waals surface area contributed by atoms with Crippen LogP contribution in [-0.2, 0) is 13.0 Å². The molecule has 0 spiro atoms. The van der Waals surface area contributed by atoms with Crippen LogP contribution in [0.15, 0.2) is 70.3 Å². The Hall–Kier alpha value is -2.55. The molecule has 0 atom stereocenters. The molecule has 0 bridgehead atoms. The van der Waals surface area contributed by atoms with Crippen LogP contribution in [0.2, 0.25) is 0 Å². The van der Waals surface area contributed by atoms with E-state index >= 15 is 0 Å². The second-order valence-electron chi connectivity index (χ2n) is 6.15. The maximum Gasteiger partial charge on any atom is 0.226 e. The van der Waals surface area contributed by atoms with Gasteiger partial charge in [-0.15, -0.1) is 24.0 Å². The molecule has 6 nitrogen and oxygen atoms in total. The lowest BCUT2D eigenvalue weighted by molar-refractivity contribution is 0.336. The van der Waals surface area contributed by atoms with Crippen LogP contribution in [0, 0.1) is 0 Å². The number of benzene rings is 2. The monoisotopic (exact) mass is 506 g/mol. The molecule has 3 rings (SSSR count). The summed E-state index contributed by atoms with van der Waals surface area (Å²) in [5.74, 6) is 2.27. The summed E-state index contributed by atoms with van der Waals surface area (Å²) < 4.78 is 11.2. The van der Waals surface area contributed by atoms with Gasteiger partial charge in [0.25, 0.3) is 0 Å². The number of hydrogen-bond acceptors (Lipinski definition) is 4. The van der Waals surface area contributed by atoms with E-state index in [1.54, 1.807) is 13.3 Å². The number of halogens is 1. The van der Waals surface area contributed by atoms with E-state index in [1.165, 1.54) is 5.56 Å². The molecule has 7 heteroatoms. The normalized spacial score (nSPS) is 10.9. The summed E-state index contributed by atoms with van der Waals surface area (Å²) in [7, 11) is 1.75. The predicted octanol–water partition coefficient (Wildman–Crippen LogP) is 4.27. The molecule has 0 saturated heterocycles. The molecule has 2 aromatic carbocycles. The summed E-state index contributed by atoms with van der Waals surface area (Å²) >= 11 is 0. The van der Waals surface area contributed by atoms with E-state index in [9.17, 15) is 0 Å². The van der Waals surface area contributed by atoms with Crippen molar-refractivity contribution in [2.45, 2.75) is 19.9 Å². The van der Waals surface area contributed by atoms with E-state index in [1.807, 2.05) is 55.5 Å². The van der Waals surface area contributed by atoms with Crippen molar-refractivity contribution in [2.75, 3.05) is 20.2 Å². The molecule has 0 unspecified atom stereocenters. The number of guanidine groups is 1. The van der Waals surface area contributed by atoms with Gasteiger partial charge < -0.3 is 19.8 Å². The Balaban J connectivity index is 0.00000300. The van der Waals surface area contributed by atoms with Crippen LogP contribution < -0.4 is 15.4 Å². The van der Waals surface area contributed by atoms with E-state index in [0.717, 1.165) is 35.9 Å². The van der Waals surface area contributed by atoms with E-state index in [2.05, 4.69) is 26.7 Å². The number of ether oxygens (including phenoxy) is 1. The maximum absolute atomic E-state index is 5.67. The van der Waals surface area contributed by atoms with Gasteiger partial charge in [-0.3, -0.25) is 4.99 Å². The zero-order chi connectivity index (χ0) is 19.6. The predicted molar refractivity (Wildman–Crippen MR) is 127 cm³/mol. The smallest absolute Gasteiger partial charge is 0.226 e. The van der Waals surface area contributed by atoms with Gasteiger partial charge in [-0.2, -0.15) is 0 Å². The van der Waals surface area contributed by atoms with Crippen molar-refractivity contribution < 1.29 is 9.15 Å². The average molecular weight is 506 g/mol. The number of rotatable bonds is 8. The standard InChI is InChI=1S/C22H26N4O2.HI/c1-3-27-20-12-8-7-9-17(20)13-14-24-22(23-2)25-15-19-16-28-21(26-19)18-10-5-4-6-11-18;/h4-12,16H,3,13-15H2,1-2H3,(H2,23,24,25);1H. The van der Waals surface area contributed by atoms with Crippen LogP contribution in [0.4, 0.5) is 0 Å². The molecule has 29 heavy (non-hydrogen) atoms. The van der Waals surface area contributed by atoms with E-state index in [-0.39, 0.29) is 24.0 Å². The van der Waals surface area contributed by atoms with E-state index < -0.39 is 0 Å². The van der Waals surface area contributed by atoms with Crippen LogP contribution in [-0.4, -0.2) is 31.1 Å². The highest BCUT2D eigenvalue weighted by Gasteiger charge is 2.07. The van der Waals surface area contributed by atoms with Crippen molar-refractivity contribution in [3.05, 3.63) is 72.1 Å². The van der Waals surface area contributed by atoms with Crippen LogP contribution in [0.3, 0.4) is 0 Å². The van der Waals surface area contributed by atoms with Crippen LogP contribution >= 0.6 is 24.0 Å². The first-order valence-electron chi connectivity index (χ1n) is 9.45. The largest absolute Gasteiger partial charge is 0.494 e. The van der Waals surface area contributed by atoms with Gasteiger partial charge in [-0.05, 0) is 37.1 Å². The molecular formula is C22H27IN4O2. The van der Waals surface area contributed by atoms with Crippen molar-refractivity contribution in [1.29, 1.82) is 0 Å². The molecule has 2 N–H and O–H groups in total. The van der Waals surface area contributed by atoms with Gasteiger partial charge in [-0.1, -0.05) is 36.4 Å². The average Bonchev–Trinajstić information content (AvgIpc) is 3.21. The molecule has 0 saturated carbocycles. The zero-order valence-corrected chi connectivity index (χ0v) is 19.1. The van der Waals surface area contributed by atoms with Gasteiger partial charge in [0.15, 0.2) is 5.96 Å². The van der Waals surface area contributed by atoms with Crippen LogP contribution in [0.1, 0.15) is 18.2 Å². The highest BCUT2D eigenvalue weighted by molar-refractivity contribution is 14.0. The first-order chi connectivity index (χ1) is 13.8. The molecule has 1 aromatic heterocycles. The first-order valence-corrected chi connectivity index (χ1v) is 9.45. The molecule has 154 valence electrons. The number of hydrogen-bond donors (Lipinski definition) is 2. The van der Waals surface area contributed by atoms with Gasteiger partial charge in [0.05, 0.1) is 18.8 Å². The lowest BCUT2D eigenvalue weighted by atomic mass is 10.1. The van der Waals surface area contributed by atoms with Crippen molar-refractivity contribution in [2.24, 2.45) is 4.99 Å². The van der Waals surface area contributed by atoms with Gasteiger partial charge in [0.1, 0.15) is 12.0 Å². The fourth-order valence-corrected chi connectivity index (χ4v) is 2.82. The molecule has 3 aromatic rings. The lowest BCUT2D eigenvalue weighted by Crippen LogP contribution is -2.37. The third-order valence-electron chi connectivity index (χ3n) is 4.19. The fraction of sp³-hybridized carbons (Fsp3) is 0.273. The van der Waals surface area contributed by atoms with Crippen molar-refractivity contribution in [1.82, 2.24) is 15.6 Å². The summed E-state index contributed by atoms with van der Waals surface area (Å²) in [6, 6.07) is 18.0. The number of oxazole rings is 1. The fourth-order valence-electron chi connectivity index (χ4n) is 2.82. The zero-order valence-electron chi connectivity index (χ0n) is 16.7. The van der Waals surface area contributed by atoms with Crippen molar-refractivity contribution >= 4 is 29.9 Å². The summed E-state index contributed by atoms with van der Waals surface area (Å²) in [6.45, 7) is 3.94. The molecule has 0 radical (unpaired) electrons. The minimum Gasteiger partial charge on any atom is -0.494 e. The number of nitrogens with one attached hydrogen (secondary N) is 2. The maximum atomic E-state index is 5.67. The van der Waals surface area contributed by atoms with Gasteiger partial charge in [0.2, 0.25) is 5.89 Å². The summed E-state index contributed by atoms with van der Waals surface area (Å²) in [4.78, 5) is 8.78. The topological polar surface area (TPSA) is 71.7 Å². The van der Waals surface area contributed by atoms with Gasteiger partial charge >= 0.3 is 0 Å². The Labute approximate surface area is 188 Å². The molecule has 0 fully saturated rings. The molecule has 1 heterocycles. The quantitative estimate of drug-likeness (QED) is 0.272. The summed E-state index contributed by atoms with van der Waals surface area (Å²) in [6.07, 6.45) is 2.51. The Kier molecular flexibility index (Phi) is 9.49. The Morgan fingerprint density at radius 2 is 1.83 bits per heavy atom. The number of para-hydroxylation sites is 1. The van der Waals surface area contributed by atoms with Crippen molar-refractivity contribution in [3.8, 4) is 17.2 Å². The van der Waals surface area contributed by atoms with Crippen LogP contribution in [0.25, 0.3) is 11.5 Å². The molecule has 0 aliphatic heterocycles. The second kappa shape index (κ2) is 12.1. The van der Waals surface area contributed by atoms with Crippen molar-refractivity contribution in [3.63, 3.8) is 0 Å². The minimum absolute atomic E-state index is 0. The van der Waals surface area contributed by atoms with E-state index in [4.69, 9.17) is 9.15 Å². The van der Waals surface area contributed by atoms with Gasteiger partial charge in [-0.25, -0.2) is 4.98 Å². The summed E-state index contributed by atoms with van der Waals surface area (Å²) in [5, 5.41) is 6.58. The van der Waals surface area contributed by atoms with E-state index in [0.29, 0.717) is 19.0 Å². The molecule has 0 aliphatic rings. The van der Waals surface area contributed by atoms with Gasteiger partial charge in [0, 0.05) is 19.2 Å². The molecule has 0 amide bonds. The number of aromatic nitrogens is 1. The Bertz CT molecular complexity index is 897.